The zero-order chi connectivity index (χ0) is 24.1. The maximum atomic E-state index is 13.3. The summed E-state index contributed by atoms with van der Waals surface area (Å²) in [6.45, 7) is 2.24. The number of amides is 2. The summed E-state index contributed by atoms with van der Waals surface area (Å²) >= 11 is 0. The van der Waals surface area contributed by atoms with Crippen LogP contribution in [0.25, 0.3) is 11.0 Å². The first-order valence-corrected chi connectivity index (χ1v) is 11.1. The van der Waals surface area contributed by atoms with Crippen molar-refractivity contribution in [3.63, 3.8) is 0 Å². The Bertz CT molecular complexity index is 1300. The Kier molecular flexibility index (Phi) is 6.87. The van der Waals surface area contributed by atoms with Gasteiger partial charge in [-0.15, -0.1) is 5.10 Å². The number of carbonyl (C=O) groups is 2. The third-order valence-electron chi connectivity index (χ3n) is 5.68. The molecule has 0 spiro atoms. The Morgan fingerprint density at radius 1 is 0.941 bits per heavy atom. The first-order valence-electron chi connectivity index (χ1n) is 11.1. The maximum absolute atomic E-state index is 13.3. The highest BCUT2D eigenvalue weighted by Gasteiger charge is 2.20. The fourth-order valence-electron chi connectivity index (χ4n) is 3.70. The molecule has 0 radical (unpaired) electrons. The lowest BCUT2D eigenvalue weighted by atomic mass is 10.1. The summed E-state index contributed by atoms with van der Waals surface area (Å²) in [7, 11) is 3.92. The van der Waals surface area contributed by atoms with Gasteiger partial charge >= 0.3 is 0 Å². The van der Waals surface area contributed by atoms with Crippen molar-refractivity contribution in [1.82, 2.24) is 19.9 Å². The van der Waals surface area contributed by atoms with Gasteiger partial charge in [-0.05, 0) is 54.4 Å². The number of aryl methyl sites for hydroxylation is 1. The van der Waals surface area contributed by atoms with Gasteiger partial charge in [0.25, 0.3) is 0 Å². The SMILES string of the molecule is Cc1ccccc1CN(CC(=O)Nc1ccc(N(C)C)cc1)C(=O)Cn1nnc2ccccc21. The molecule has 2 amide bonds. The van der Waals surface area contributed by atoms with Crippen LogP contribution in [-0.4, -0.2) is 52.3 Å². The molecule has 4 aromatic rings. The summed E-state index contributed by atoms with van der Waals surface area (Å²) in [5.41, 5.74) is 5.26. The molecule has 4 rings (SSSR count). The third-order valence-corrected chi connectivity index (χ3v) is 5.68. The van der Waals surface area contributed by atoms with Gasteiger partial charge in [0, 0.05) is 32.0 Å². The van der Waals surface area contributed by atoms with Crippen LogP contribution in [0.15, 0.2) is 72.8 Å². The van der Waals surface area contributed by atoms with Gasteiger partial charge in [0.05, 0.1) is 5.52 Å². The second-order valence-corrected chi connectivity index (χ2v) is 8.40. The number of fused-ring (bicyclic) bond motifs is 1. The van der Waals surface area contributed by atoms with E-state index in [2.05, 4.69) is 15.6 Å². The van der Waals surface area contributed by atoms with E-state index in [1.54, 1.807) is 9.58 Å². The van der Waals surface area contributed by atoms with E-state index >= 15 is 0 Å². The molecule has 8 nitrogen and oxygen atoms in total. The van der Waals surface area contributed by atoms with Crippen molar-refractivity contribution in [2.75, 3.05) is 30.9 Å². The lowest BCUT2D eigenvalue weighted by Gasteiger charge is -2.23. The predicted molar refractivity (Wildman–Crippen MR) is 134 cm³/mol. The lowest BCUT2D eigenvalue weighted by Crippen LogP contribution is -2.39. The number of carbonyl (C=O) groups excluding carboxylic acids is 2. The van der Waals surface area contributed by atoms with Crippen molar-refractivity contribution < 1.29 is 9.59 Å². The van der Waals surface area contributed by atoms with Crippen molar-refractivity contribution in [3.8, 4) is 0 Å². The molecular weight excluding hydrogens is 428 g/mol. The van der Waals surface area contributed by atoms with Crippen LogP contribution < -0.4 is 10.2 Å². The summed E-state index contributed by atoms with van der Waals surface area (Å²) < 4.78 is 1.57. The van der Waals surface area contributed by atoms with Gasteiger partial charge in [-0.1, -0.05) is 41.6 Å². The number of rotatable bonds is 8. The molecule has 0 saturated heterocycles. The van der Waals surface area contributed by atoms with Crippen LogP contribution in [0.3, 0.4) is 0 Å². The minimum absolute atomic E-state index is 0.00277. The summed E-state index contributed by atoms with van der Waals surface area (Å²) in [5.74, 6) is -0.472. The molecular formula is C26H28N6O2. The number of aromatic nitrogens is 3. The van der Waals surface area contributed by atoms with Crippen LogP contribution in [0.5, 0.6) is 0 Å². The molecule has 0 saturated carbocycles. The molecule has 0 aliphatic carbocycles. The molecule has 0 aliphatic rings. The Morgan fingerprint density at radius 3 is 2.38 bits per heavy atom. The van der Waals surface area contributed by atoms with Gasteiger partial charge in [-0.3, -0.25) is 9.59 Å². The maximum Gasteiger partial charge on any atom is 0.245 e. The molecule has 3 aromatic carbocycles. The summed E-state index contributed by atoms with van der Waals surface area (Å²) in [4.78, 5) is 29.8. The summed E-state index contributed by atoms with van der Waals surface area (Å²) in [6, 6.07) is 22.9. The Hall–Kier alpha value is -4.20. The predicted octanol–water partition coefficient (Wildman–Crippen LogP) is 3.47. The Morgan fingerprint density at radius 2 is 1.65 bits per heavy atom. The van der Waals surface area contributed by atoms with E-state index in [9.17, 15) is 9.59 Å². The zero-order valence-corrected chi connectivity index (χ0v) is 19.6. The van der Waals surface area contributed by atoms with Crippen molar-refractivity contribution in [1.29, 1.82) is 0 Å². The lowest BCUT2D eigenvalue weighted by molar-refractivity contribution is -0.136. The number of para-hydroxylation sites is 1. The molecule has 1 heterocycles. The molecule has 0 aliphatic heterocycles. The van der Waals surface area contributed by atoms with E-state index in [4.69, 9.17) is 0 Å². The average molecular weight is 457 g/mol. The van der Waals surface area contributed by atoms with Crippen molar-refractivity contribution in [2.24, 2.45) is 0 Å². The summed E-state index contributed by atoms with van der Waals surface area (Å²) in [5, 5.41) is 11.1. The van der Waals surface area contributed by atoms with Gasteiger partial charge < -0.3 is 15.1 Å². The van der Waals surface area contributed by atoms with Crippen LogP contribution in [0.4, 0.5) is 11.4 Å². The molecule has 174 valence electrons. The van der Waals surface area contributed by atoms with Crippen molar-refractivity contribution >= 4 is 34.2 Å². The second-order valence-electron chi connectivity index (χ2n) is 8.40. The highest BCUT2D eigenvalue weighted by Crippen LogP contribution is 2.17. The minimum Gasteiger partial charge on any atom is -0.378 e. The standard InChI is InChI=1S/C26H28N6O2/c1-19-8-4-5-9-20(19)16-31(17-25(33)27-21-12-14-22(15-13-21)30(2)3)26(34)18-32-24-11-7-6-10-23(24)28-29-32/h4-15H,16-18H2,1-3H3,(H,27,33). The molecule has 1 N–H and O–H groups in total. The van der Waals surface area contributed by atoms with Crippen LogP contribution in [0, 0.1) is 6.92 Å². The first kappa shape index (κ1) is 23.0. The Labute approximate surface area is 198 Å². The molecule has 0 atom stereocenters. The largest absolute Gasteiger partial charge is 0.378 e. The molecule has 1 aromatic heterocycles. The quantitative estimate of drug-likeness (QED) is 0.439. The zero-order valence-electron chi connectivity index (χ0n) is 19.6. The number of nitrogens with one attached hydrogen (secondary N) is 1. The van der Waals surface area contributed by atoms with E-state index in [0.717, 1.165) is 27.8 Å². The topological polar surface area (TPSA) is 83.4 Å². The van der Waals surface area contributed by atoms with E-state index in [-0.39, 0.29) is 24.9 Å². The number of benzene rings is 3. The fraction of sp³-hybridized carbons (Fsp3) is 0.231. The minimum atomic E-state index is -0.261. The highest BCUT2D eigenvalue weighted by molar-refractivity contribution is 5.94. The molecule has 34 heavy (non-hydrogen) atoms. The van der Waals surface area contributed by atoms with Gasteiger partial charge in [-0.25, -0.2) is 4.68 Å². The van der Waals surface area contributed by atoms with Crippen LogP contribution in [-0.2, 0) is 22.7 Å². The Balaban J connectivity index is 1.51. The van der Waals surface area contributed by atoms with Gasteiger partial charge in [0.2, 0.25) is 11.8 Å². The molecule has 0 unspecified atom stereocenters. The second kappa shape index (κ2) is 10.2. The monoisotopic (exact) mass is 456 g/mol. The van der Waals surface area contributed by atoms with E-state index in [0.29, 0.717) is 12.2 Å². The van der Waals surface area contributed by atoms with Gasteiger partial charge in [0.1, 0.15) is 18.6 Å². The number of anilines is 2. The van der Waals surface area contributed by atoms with Crippen molar-refractivity contribution in [3.05, 3.63) is 83.9 Å². The van der Waals surface area contributed by atoms with E-state index in [1.165, 1.54) is 0 Å². The van der Waals surface area contributed by atoms with Crippen LogP contribution in [0.2, 0.25) is 0 Å². The third kappa shape index (κ3) is 5.40. The normalized spacial score (nSPS) is 10.8. The molecule has 0 fully saturated rings. The smallest absolute Gasteiger partial charge is 0.245 e. The van der Waals surface area contributed by atoms with E-state index in [1.807, 2.05) is 98.7 Å². The van der Waals surface area contributed by atoms with Crippen LogP contribution in [0.1, 0.15) is 11.1 Å². The number of hydrogen-bond donors (Lipinski definition) is 1. The fourth-order valence-corrected chi connectivity index (χ4v) is 3.70. The van der Waals surface area contributed by atoms with Crippen molar-refractivity contribution in [2.45, 2.75) is 20.0 Å². The highest BCUT2D eigenvalue weighted by atomic mass is 16.2. The average Bonchev–Trinajstić information content (AvgIpc) is 3.23. The first-order chi connectivity index (χ1) is 16.4. The number of hydrogen-bond acceptors (Lipinski definition) is 5. The molecule has 0 bridgehead atoms. The summed E-state index contributed by atoms with van der Waals surface area (Å²) in [6.07, 6.45) is 0. The molecule has 8 heteroatoms. The van der Waals surface area contributed by atoms with Crippen LogP contribution >= 0.6 is 0 Å². The van der Waals surface area contributed by atoms with E-state index < -0.39 is 0 Å². The van der Waals surface area contributed by atoms with Gasteiger partial charge in [-0.2, -0.15) is 0 Å². The number of nitrogens with zero attached hydrogens (tertiary/aromatic N) is 5. The van der Waals surface area contributed by atoms with Gasteiger partial charge in [0.15, 0.2) is 0 Å².